The Morgan fingerprint density at radius 3 is 2.85 bits per heavy atom. The van der Waals surface area contributed by atoms with E-state index in [4.69, 9.17) is 11.5 Å². The van der Waals surface area contributed by atoms with E-state index in [-0.39, 0.29) is 0 Å². The van der Waals surface area contributed by atoms with Gasteiger partial charge < -0.3 is 11.5 Å². The third kappa shape index (κ3) is 1.97. The molecule has 0 aliphatic rings. The van der Waals surface area contributed by atoms with Crippen molar-refractivity contribution in [3.05, 3.63) is 12.3 Å². The van der Waals surface area contributed by atoms with Crippen molar-refractivity contribution in [1.29, 1.82) is 0 Å². The normalized spacial score (nSPS) is 10.0. The van der Waals surface area contributed by atoms with E-state index in [1.165, 1.54) is 4.90 Å². The van der Waals surface area contributed by atoms with Crippen molar-refractivity contribution >= 4 is 11.8 Å². The van der Waals surface area contributed by atoms with Crippen molar-refractivity contribution in [3.8, 4) is 0 Å². The van der Waals surface area contributed by atoms with Crippen LogP contribution in [0.15, 0.2) is 12.3 Å². The summed E-state index contributed by atoms with van der Waals surface area (Å²) < 4.78 is 1.57. The molecule has 0 saturated carbocycles. The fourth-order valence-electron chi connectivity index (χ4n) is 1.10. The van der Waals surface area contributed by atoms with Crippen LogP contribution in [0.5, 0.6) is 0 Å². The number of aromatic nitrogens is 2. The van der Waals surface area contributed by atoms with Gasteiger partial charge in [-0.05, 0) is 0 Å². The highest BCUT2D eigenvalue weighted by Gasteiger charge is 2.13. The van der Waals surface area contributed by atoms with Gasteiger partial charge in [-0.2, -0.15) is 5.10 Å². The van der Waals surface area contributed by atoms with Gasteiger partial charge in [0.15, 0.2) is 0 Å². The Labute approximate surface area is 76.1 Å². The molecule has 0 radical (unpaired) electrons. The molecule has 0 aromatic carbocycles. The predicted octanol–water partition coefficient (Wildman–Crippen LogP) is -0.736. The first-order valence-corrected chi connectivity index (χ1v) is 3.92. The number of primary amides is 1. The molecule has 2 amide bonds. The minimum atomic E-state index is -0.519. The molecule has 0 bridgehead atoms. The second kappa shape index (κ2) is 3.90. The van der Waals surface area contributed by atoms with Gasteiger partial charge in [0.25, 0.3) is 0 Å². The van der Waals surface area contributed by atoms with Crippen LogP contribution in [0.4, 0.5) is 10.6 Å². The molecule has 13 heavy (non-hydrogen) atoms. The van der Waals surface area contributed by atoms with Gasteiger partial charge in [0.2, 0.25) is 0 Å². The molecule has 6 heteroatoms. The van der Waals surface area contributed by atoms with Gasteiger partial charge in [0, 0.05) is 26.2 Å². The topological polar surface area (TPSA) is 90.2 Å². The molecule has 1 aromatic heterocycles. The van der Waals surface area contributed by atoms with Crippen LogP contribution in [0.3, 0.4) is 0 Å². The average molecular weight is 183 g/mol. The number of nitrogens with zero attached hydrogens (tertiary/aromatic N) is 3. The summed E-state index contributed by atoms with van der Waals surface area (Å²) >= 11 is 0. The van der Waals surface area contributed by atoms with E-state index in [1.54, 1.807) is 24.0 Å². The lowest BCUT2D eigenvalue weighted by atomic mass is 10.5. The van der Waals surface area contributed by atoms with Crippen LogP contribution >= 0.6 is 0 Å². The fourth-order valence-corrected chi connectivity index (χ4v) is 1.10. The third-order valence-electron chi connectivity index (χ3n) is 1.69. The first-order valence-electron chi connectivity index (χ1n) is 3.92. The Morgan fingerprint density at radius 1 is 1.77 bits per heavy atom. The van der Waals surface area contributed by atoms with Gasteiger partial charge in [0.1, 0.15) is 5.82 Å². The Kier molecular flexibility index (Phi) is 2.86. The van der Waals surface area contributed by atoms with Crippen molar-refractivity contribution in [1.82, 2.24) is 9.78 Å². The predicted molar refractivity (Wildman–Crippen MR) is 49.2 cm³/mol. The maximum absolute atomic E-state index is 11.0. The number of carbonyl (C=O) groups is 1. The smallest absolute Gasteiger partial charge is 0.320 e. The highest BCUT2D eigenvalue weighted by Crippen LogP contribution is 2.10. The van der Waals surface area contributed by atoms with Crippen LogP contribution in [-0.4, -0.2) is 28.9 Å². The van der Waals surface area contributed by atoms with E-state index < -0.39 is 6.03 Å². The minimum Gasteiger partial charge on any atom is -0.351 e. The largest absolute Gasteiger partial charge is 0.351 e. The quantitative estimate of drug-likeness (QED) is 0.647. The molecule has 0 aliphatic heterocycles. The summed E-state index contributed by atoms with van der Waals surface area (Å²) in [5, 5.41) is 3.93. The summed E-state index contributed by atoms with van der Waals surface area (Å²) in [5.74, 6) is 0.651. The maximum Gasteiger partial charge on any atom is 0.320 e. The van der Waals surface area contributed by atoms with Gasteiger partial charge in [-0.1, -0.05) is 0 Å². The molecule has 6 nitrogen and oxygen atoms in total. The summed E-state index contributed by atoms with van der Waals surface area (Å²) in [5.41, 5.74) is 10.5. The Morgan fingerprint density at radius 2 is 2.46 bits per heavy atom. The SMILES string of the molecule is Cn1nccc1N(CCN)C(N)=O. The zero-order chi connectivity index (χ0) is 9.84. The number of anilines is 1. The number of urea groups is 1. The first-order chi connectivity index (χ1) is 6.16. The number of hydrogen-bond acceptors (Lipinski definition) is 3. The van der Waals surface area contributed by atoms with Crippen molar-refractivity contribution in [2.75, 3.05) is 18.0 Å². The molecule has 0 unspecified atom stereocenters. The fraction of sp³-hybridized carbons (Fsp3) is 0.429. The second-order valence-electron chi connectivity index (χ2n) is 2.59. The third-order valence-corrected chi connectivity index (χ3v) is 1.69. The molecule has 1 aromatic rings. The van der Waals surface area contributed by atoms with Crippen molar-refractivity contribution < 1.29 is 4.79 Å². The highest BCUT2D eigenvalue weighted by atomic mass is 16.2. The Bertz CT molecular complexity index is 295. The molecule has 1 rings (SSSR count). The van der Waals surface area contributed by atoms with Crippen molar-refractivity contribution in [3.63, 3.8) is 0 Å². The van der Waals surface area contributed by atoms with E-state index in [0.29, 0.717) is 18.9 Å². The number of rotatable bonds is 3. The van der Waals surface area contributed by atoms with E-state index in [0.717, 1.165) is 0 Å². The molecule has 0 saturated heterocycles. The average Bonchev–Trinajstić information content (AvgIpc) is 2.47. The standard InChI is InChI=1S/C7H13N5O/c1-11-6(2-4-10-11)12(5-3-8)7(9)13/h2,4H,3,5,8H2,1H3,(H2,9,13). The Balaban J connectivity index is 2.88. The Hall–Kier alpha value is -1.56. The summed E-state index contributed by atoms with van der Waals surface area (Å²) in [4.78, 5) is 12.4. The summed E-state index contributed by atoms with van der Waals surface area (Å²) in [6.45, 7) is 0.767. The van der Waals surface area contributed by atoms with Crippen LogP contribution in [0.1, 0.15) is 0 Å². The molecule has 4 N–H and O–H groups in total. The number of carbonyl (C=O) groups excluding carboxylic acids is 1. The van der Waals surface area contributed by atoms with Crippen LogP contribution in [0, 0.1) is 0 Å². The molecule has 0 spiro atoms. The van der Waals surface area contributed by atoms with Gasteiger partial charge in [-0.15, -0.1) is 0 Å². The van der Waals surface area contributed by atoms with Crippen LogP contribution in [0.2, 0.25) is 0 Å². The second-order valence-corrected chi connectivity index (χ2v) is 2.59. The number of hydrogen-bond donors (Lipinski definition) is 2. The van der Waals surface area contributed by atoms with Crippen molar-refractivity contribution in [2.24, 2.45) is 18.5 Å². The molecule has 1 heterocycles. The molecule has 0 aliphatic carbocycles. The van der Waals surface area contributed by atoms with E-state index >= 15 is 0 Å². The highest BCUT2D eigenvalue weighted by molar-refractivity contribution is 5.89. The number of aryl methyl sites for hydroxylation is 1. The molecular weight excluding hydrogens is 170 g/mol. The van der Waals surface area contributed by atoms with E-state index in [1.807, 2.05) is 0 Å². The monoisotopic (exact) mass is 183 g/mol. The van der Waals surface area contributed by atoms with Crippen molar-refractivity contribution in [2.45, 2.75) is 0 Å². The molecule has 0 fully saturated rings. The molecule has 0 atom stereocenters. The lowest BCUT2D eigenvalue weighted by molar-refractivity contribution is 0.253. The lowest BCUT2D eigenvalue weighted by Gasteiger charge is -2.18. The van der Waals surface area contributed by atoms with E-state index in [9.17, 15) is 4.79 Å². The zero-order valence-electron chi connectivity index (χ0n) is 7.47. The zero-order valence-corrected chi connectivity index (χ0v) is 7.47. The number of amides is 2. The maximum atomic E-state index is 11.0. The van der Waals surface area contributed by atoms with Crippen LogP contribution < -0.4 is 16.4 Å². The first kappa shape index (κ1) is 9.53. The number of nitrogens with two attached hydrogens (primary N) is 2. The summed E-state index contributed by atoms with van der Waals surface area (Å²) in [6.07, 6.45) is 1.60. The molecular formula is C7H13N5O. The van der Waals surface area contributed by atoms with Crippen LogP contribution in [0.25, 0.3) is 0 Å². The minimum absolute atomic E-state index is 0.369. The molecule has 72 valence electrons. The van der Waals surface area contributed by atoms with Gasteiger partial charge in [0.05, 0.1) is 6.20 Å². The van der Waals surface area contributed by atoms with Crippen LogP contribution in [-0.2, 0) is 7.05 Å². The van der Waals surface area contributed by atoms with Gasteiger partial charge >= 0.3 is 6.03 Å². The van der Waals surface area contributed by atoms with Gasteiger partial charge in [-0.3, -0.25) is 9.58 Å². The lowest BCUT2D eigenvalue weighted by Crippen LogP contribution is -2.40. The summed E-state index contributed by atoms with van der Waals surface area (Å²) in [6, 6.07) is 1.19. The van der Waals surface area contributed by atoms with E-state index in [2.05, 4.69) is 5.10 Å². The van der Waals surface area contributed by atoms with Gasteiger partial charge in [-0.25, -0.2) is 4.79 Å². The summed E-state index contributed by atoms with van der Waals surface area (Å²) in [7, 11) is 1.74.